The van der Waals surface area contributed by atoms with E-state index in [1.807, 2.05) is 68.4 Å². The molecule has 0 fully saturated rings. The number of carbonyl (C=O) groups excluding carboxylic acids is 2. The third-order valence-electron chi connectivity index (χ3n) is 4.44. The Bertz CT molecular complexity index is 915. The number of benzene rings is 2. The number of fused-ring (bicyclic) bond motifs is 1. The van der Waals surface area contributed by atoms with Crippen molar-refractivity contribution < 1.29 is 14.0 Å². The largest absolute Gasteiger partial charge is 0.451 e. The summed E-state index contributed by atoms with van der Waals surface area (Å²) in [4.78, 5) is 25.0. The normalized spacial score (nSPS) is 11.9. The van der Waals surface area contributed by atoms with Gasteiger partial charge in [0.2, 0.25) is 5.91 Å². The van der Waals surface area contributed by atoms with Gasteiger partial charge in [-0.05, 0) is 25.0 Å². The number of nitrogens with one attached hydrogen (secondary N) is 2. The van der Waals surface area contributed by atoms with Crippen LogP contribution in [-0.2, 0) is 4.79 Å². The van der Waals surface area contributed by atoms with Crippen molar-refractivity contribution in [3.8, 4) is 0 Å². The van der Waals surface area contributed by atoms with Crippen LogP contribution in [0.4, 0.5) is 0 Å². The average molecular weight is 350 g/mol. The molecule has 0 aliphatic carbocycles. The maximum Gasteiger partial charge on any atom is 0.305 e. The standard InChI is InChI=1S/C21H22N2O3/c1-3-9-17(15-10-5-4-6-11-15)20(24)22-23-21(25)19-14(2)16-12-7-8-13-18(16)26-19/h4-8,10-13,17H,3,9H2,1-2H3,(H,22,24)(H,23,25)/t17-/m0/s1. The van der Waals surface area contributed by atoms with Gasteiger partial charge >= 0.3 is 5.91 Å². The first-order chi connectivity index (χ1) is 12.6. The fourth-order valence-corrected chi connectivity index (χ4v) is 3.08. The Morgan fingerprint density at radius 3 is 2.38 bits per heavy atom. The Labute approximate surface area is 152 Å². The van der Waals surface area contributed by atoms with Crippen molar-refractivity contribution >= 4 is 22.8 Å². The van der Waals surface area contributed by atoms with Gasteiger partial charge in [-0.15, -0.1) is 0 Å². The summed E-state index contributed by atoms with van der Waals surface area (Å²) >= 11 is 0. The van der Waals surface area contributed by atoms with Gasteiger partial charge in [-0.1, -0.05) is 61.9 Å². The number of furan rings is 1. The van der Waals surface area contributed by atoms with Crippen molar-refractivity contribution in [2.24, 2.45) is 0 Å². The highest BCUT2D eigenvalue weighted by Gasteiger charge is 2.22. The molecule has 2 amide bonds. The summed E-state index contributed by atoms with van der Waals surface area (Å²) in [6.45, 7) is 3.85. The maximum absolute atomic E-state index is 12.6. The number of hydrogen-bond donors (Lipinski definition) is 2. The average Bonchev–Trinajstić information content (AvgIpc) is 3.02. The fraction of sp³-hybridized carbons (Fsp3) is 0.238. The molecule has 0 saturated heterocycles. The summed E-state index contributed by atoms with van der Waals surface area (Å²) in [6, 6.07) is 17.0. The van der Waals surface area contributed by atoms with Gasteiger partial charge in [0.15, 0.2) is 5.76 Å². The minimum atomic E-state index is -0.463. The third kappa shape index (κ3) is 3.61. The number of para-hydroxylation sites is 1. The summed E-state index contributed by atoms with van der Waals surface area (Å²) in [5.74, 6) is -0.799. The molecule has 1 atom stereocenters. The molecule has 1 heterocycles. The van der Waals surface area contributed by atoms with E-state index in [0.29, 0.717) is 12.0 Å². The second kappa shape index (κ2) is 7.87. The molecule has 0 radical (unpaired) electrons. The molecular weight excluding hydrogens is 328 g/mol. The molecule has 1 aromatic heterocycles. The van der Waals surface area contributed by atoms with Gasteiger partial charge in [0.05, 0.1) is 5.92 Å². The Hall–Kier alpha value is -3.08. The van der Waals surface area contributed by atoms with Crippen LogP contribution >= 0.6 is 0 Å². The van der Waals surface area contributed by atoms with Crippen LogP contribution < -0.4 is 10.9 Å². The lowest BCUT2D eigenvalue weighted by Crippen LogP contribution is -2.44. The van der Waals surface area contributed by atoms with E-state index in [4.69, 9.17) is 4.42 Å². The lowest BCUT2D eigenvalue weighted by atomic mass is 9.94. The number of hydrogen-bond acceptors (Lipinski definition) is 3. The molecule has 134 valence electrons. The van der Waals surface area contributed by atoms with Crippen LogP contribution in [0, 0.1) is 6.92 Å². The van der Waals surface area contributed by atoms with Crippen molar-refractivity contribution in [2.75, 3.05) is 0 Å². The van der Waals surface area contributed by atoms with Crippen LogP contribution in [0.5, 0.6) is 0 Å². The number of carbonyl (C=O) groups is 2. The van der Waals surface area contributed by atoms with E-state index >= 15 is 0 Å². The van der Waals surface area contributed by atoms with Crippen molar-refractivity contribution in [1.29, 1.82) is 0 Å². The summed E-state index contributed by atoms with van der Waals surface area (Å²) in [7, 11) is 0. The molecular formula is C21H22N2O3. The SMILES string of the molecule is CCC[C@H](C(=O)NNC(=O)c1oc2ccccc2c1C)c1ccccc1. The Morgan fingerprint density at radius 2 is 1.69 bits per heavy atom. The minimum Gasteiger partial charge on any atom is -0.451 e. The van der Waals surface area contributed by atoms with E-state index in [1.165, 1.54) is 0 Å². The van der Waals surface area contributed by atoms with E-state index in [2.05, 4.69) is 10.9 Å². The Balaban J connectivity index is 1.71. The molecule has 3 rings (SSSR count). The fourth-order valence-electron chi connectivity index (χ4n) is 3.08. The van der Waals surface area contributed by atoms with Gasteiger partial charge in [0.1, 0.15) is 5.58 Å². The summed E-state index contributed by atoms with van der Waals surface area (Å²) in [5.41, 5.74) is 7.34. The molecule has 2 aromatic carbocycles. The number of aryl methyl sites for hydroxylation is 1. The van der Waals surface area contributed by atoms with E-state index in [0.717, 1.165) is 22.9 Å². The van der Waals surface area contributed by atoms with Crippen molar-refractivity contribution in [3.63, 3.8) is 0 Å². The zero-order valence-corrected chi connectivity index (χ0v) is 14.9. The van der Waals surface area contributed by atoms with Crippen LogP contribution in [-0.4, -0.2) is 11.8 Å². The van der Waals surface area contributed by atoms with Crippen LogP contribution in [0.25, 0.3) is 11.0 Å². The van der Waals surface area contributed by atoms with Crippen LogP contribution in [0.2, 0.25) is 0 Å². The second-order valence-electron chi connectivity index (χ2n) is 6.25. The summed E-state index contributed by atoms with van der Waals surface area (Å²) in [6.07, 6.45) is 1.57. The molecule has 0 saturated carbocycles. The summed E-state index contributed by atoms with van der Waals surface area (Å²) < 4.78 is 5.62. The Kier molecular flexibility index (Phi) is 5.37. The molecule has 0 spiro atoms. The van der Waals surface area contributed by atoms with Gasteiger partial charge in [-0.25, -0.2) is 0 Å². The predicted molar refractivity (Wildman–Crippen MR) is 101 cm³/mol. The monoisotopic (exact) mass is 350 g/mol. The van der Waals surface area contributed by atoms with Crippen LogP contribution in [0.15, 0.2) is 59.0 Å². The van der Waals surface area contributed by atoms with Crippen LogP contribution in [0.3, 0.4) is 0 Å². The molecule has 5 heteroatoms. The number of hydrazine groups is 1. The molecule has 0 unspecified atom stereocenters. The zero-order valence-electron chi connectivity index (χ0n) is 14.9. The first-order valence-corrected chi connectivity index (χ1v) is 8.75. The Morgan fingerprint density at radius 1 is 1.00 bits per heavy atom. The van der Waals surface area contributed by atoms with Crippen LogP contribution in [0.1, 0.15) is 47.4 Å². The van der Waals surface area contributed by atoms with Crippen molar-refractivity contribution in [2.45, 2.75) is 32.6 Å². The molecule has 2 N–H and O–H groups in total. The molecule has 0 aliphatic rings. The van der Waals surface area contributed by atoms with Gasteiger partial charge in [0.25, 0.3) is 0 Å². The van der Waals surface area contributed by atoms with E-state index < -0.39 is 5.91 Å². The first kappa shape index (κ1) is 17.7. The molecule has 0 aliphatic heterocycles. The third-order valence-corrected chi connectivity index (χ3v) is 4.44. The lowest BCUT2D eigenvalue weighted by molar-refractivity contribution is -0.123. The highest BCUT2D eigenvalue weighted by molar-refractivity contribution is 5.99. The van der Waals surface area contributed by atoms with Crippen molar-refractivity contribution in [1.82, 2.24) is 10.9 Å². The molecule has 0 bridgehead atoms. The van der Waals surface area contributed by atoms with Gasteiger partial charge in [-0.3, -0.25) is 20.4 Å². The molecule has 26 heavy (non-hydrogen) atoms. The smallest absolute Gasteiger partial charge is 0.305 e. The second-order valence-corrected chi connectivity index (χ2v) is 6.25. The minimum absolute atomic E-state index is 0.207. The van der Waals surface area contributed by atoms with Gasteiger partial charge in [-0.2, -0.15) is 0 Å². The van der Waals surface area contributed by atoms with E-state index in [9.17, 15) is 9.59 Å². The number of amides is 2. The van der Waals surface area contributed by atoms with Gasteiger partial charge < -0.3 is 4.42 Å². The highest BCUT2D eigenvalue weighted by atomic mass is 16.3. The van der Waals surface area contributed by atoms with E-state index in [1.54, 1.807) is 0 Å². The van der Waals surface area contributed by atoms with E-state index in [-0.39, 0.29) is 17.6 Å². The maximum atomic E-state index is 12.6. The van der Waals surface area contributed by atoms with Crippen molar-refractivity contribution in [3.05, 3.63) is 71.5 Å². The first-order valence-electron chi connectivity index (χ1n) is 8.75. The highest BCUT2D eigenvalue weighted by Crippen LogP contribution is 2.25. The quantitative estimate of drug-likeness (QED) is 0.681. The molecule has 3 aromatic rings. The lowest BCUT2D eigenvalue weighted by Gasteiger charge is -2.16. The summed E-state index contributed by atoms with van der Waals surface area (Å²) in [5, 5.41) is 0.886. The zero-order chi connectivity index (χ0) is 18.5. The predicted octanol–water partition coefficient (Wildman–Crippen LogP) is 4.09. The van der Waals surface area contributed by atoms with Gasteiger partial charge in [0, 0.05) is 10.9 Å². The molecule has 5 nitrogen and oxygen atoms in total. The topological polar surface area (TPSA) is 71.3 Å². The number of rotatable bonds is 5.